The fourth-order valence-corrected chi connectivity index (χ4v) is 2.84. The minimum absolute atomic E-state index is 0.0390. The molecule has 3 rings (SSSR count). The van der Waals surface area contributed by atoms with Crippen LogP contribution in [0.25, 0.3) is 0 Å². The average Bonchev–Trinajstić information content (AvgIpc) is 3.05. The summed E-state index contributed by atoms with van der Waals surface area (Å²) in [7, 11) is 0. The van der Waals surface area contributed by atoms with Gasteiger partial charge in [-0.05, 0) is 31.4 Å². The number of hydrogen-bond donors (Lipinski definition) is 1. The summed E-state index contributed by atoms with van der Waals surface area (Å²) in [6.07, 6.45) is 3.28. The zero-order chi connectivity index (χ0) is 17.1. The molecule has 2 aliphatic rings. The zero-order valence-electron chi connectivity index (χ0n) is 13.4. The van der Waals surface area contributed by atoms with Crippen molar-refractivity contribution in [1.29, 1.82) is 0 Å². The molecular weight excluding hydrogens is 310 g/mol. The number of barbiturate groups is 1. The minimum atomic E-state index is -1.11. The van der Waals surface area contributed by atoms with Crippen molar-refractivity contribution in [3.8, 4) is 0 Å². The number of imide groups is 2. The summed E-state index contributed by atoms with van der Waals surface area (Å²) in [6.45, 7) is 2.93. The first-order valence-corrected chi connectivity index (χ1v) is 7.94. The summed E-state index contributed by atoms with van der Waals surface area (Å²) in [4.78, 5) is 41.9. The number of urea groups is 1. The van der Waals surface area contributed by atoms with Crippen LogP contribution in [0.15, 0.2) is 29.3 Å². The van der Waals surface area contributed by atoms with Crippen LogP contribution in [0.3, 0.4) is 0 Å². The second-order valence-electron chi connectivity index (χ2n) is 5.88. The molecule has 0 bridgehead atoms. The molecule has 2 heterocycles. The molecule has 2 atom stereocenters. The summed E-state index contributed by atoms with van der Waals surface area (Å²) in [5, 5.41) is 2.22. The first-order valence-electron chi connectivity index (χ1n) is 7.94. The van der Waals surface area contributed by atoms with Gasteiger partial charge in [-0.15, -0.1) is 0 Å². The number of benzene rings is 1. The summed E-state index contributed by atoms with van der Waals surface area (Å²) in [5.41, 5.74) is 1.23. The lowest BCUT2D eigenvalue weighted by Crippen LogP contribution is -2.58. The van der Waals surface area contributed by atoms with Gasteiger partial charge in [0, 0.05) is 12.8 Å². The Morgan fingerprint density at radius 2 is 2.12 bits per heavy atom. The van der Waals surface area contributed by atoms with E-state index < -0.39 is 23.8 Å². The molecule has 1 N–H and O–H groups in total. The van der Waals surface area contributed by atoms with Crippen LogP contribution in [-0.4, -0.2) is 43.3 Å². The van der Waals surface area contributed by atoms with Gasteiger partial charge in [-0.3, -0.25) is 19.9 Å². The number of nitrogens with one attached hydrogen (secondary N) is 1. The maximum Gasteiger partial charge on any atom is 0.335 e. The van der Waals surface area contributed by atoms with Crippen molar-refractivity contribution < 1.29 is 19.1 Å². The number of hydrogen-bond acceptors (Lipinski definition) is 5. The normalized spacial score (nSPS) is 24.7. The highest BCUT2D eigenvalue weighted by Crippen LogP contribution is 2.23. The molecule has 0 radical (unpaired) electrons. The van der Waals surface area contributed by atoms with Gasteiger partial charge in [0.15, 0.2) is 5.92 Å². The lowest BCUT2D eigenvalue weighted by molar-refractivity contribution is -0.131. The molecule has 126 valence electrons. The molecule has 24 heavy (non-hydrogen) atoms. The van der Waals surface area contributed by atoms with Crippen molar-refractivity contribution in [2.24, 2.45) is 10.9 Å². The number of anilines is 1. The number of nitrogens with zero attached hydrogens (tertiary/aromatic N) is 2. The molecule has 0 aliphatic carbocycles. The van der Waals surface area contributed by atoms with Gasteiger partial charge in [-0.1, -0.05) is 18.2 Å². The molecule has 7 heteroatoms. The van der Waals surface area contributed by atoms with Gasteiger partial charge in [0.05, 0.1) is 18.3 Å². The standard InChI is InChI=1S/C17H19N3O4/c1-11-5-2-3-7-14(11)20-16(22)13(15(21)19-17(20)23)10-18-9-12-6-4-8-24-12/h2-3,5,7,10,12-13H,4,6,8-9H2,1H3,(H,19,21,23)/t12-,13+/m1/s1. The first-order chi connectivity index (χ1) is 11.6. The van der Waals surface area contributed by atoms with Gasteiger partial charge in [0.1, 0.15) is 0 Å². The number of para-hydroxylation sites is 1. The minimum Gasteiger partial charge on any atom is -0.376 e. The number of rotatable bonds is 4. The van der Waals surface area contributed by atoms with E-state index in [0.29, 0.717) is 12.2 Å². The summed E-state index contributed by atoms with van der Waals surface area (Å²) < 4.78 is 5.46. The van der Waals surface area contributed by atoms with E-state index in [-0.39, 0.29) is 6.10 Å². The number of aliphatic imine (C=N–C) groups is 1. The Kier molecular flexibility index (Phi) is 4.71. The average molecular weight is 329 g/mol. The maximum atomic E-state index is 12.6. The highest BCUT2D eigenvalue weighted by molar-refractivity contribution is 6.32. The van der Waals surface area contributed by atoms with Crippen molar-refractivity contribution in [2.75, 3.05) is 18.1 Å². The first kappa shape index (κ1) is 16.3. The van der Waals surface area contributed by atoms with Crippen LogP contribution in [0.5, 0.6) is 0 Å². The highest BCUT2D eigenvalue weighted by atomic mass is 16.5. The van der Waals surface area contributed by atoms with Gasteiger partial charge >= 0.3 is 6.03 Å². The van der Waals surface area contributed by atoms with Crippen LogP contribution in [0.1, 0.15) is 18.4 Å². The zero-order valence-corrected chi connectivity index (χ0v) is 13.4. The molecule has 1 aromatic rings. The van der Waals surface area contributed by atoms with Crippen LogP contribution < -0.4 is 10.2 Å². The topological polar surface area (TPSA) is 88.1 Å². The van der Waals surface area contributed by atoms with E-state index in [0.717, 1.165) is 29.9 Å². The van der Waals surface area contributed by atoms with Gasteiger partial charge < -0.3 is 4.74 Å². The quantitative estimate of drug-likeness (QED) is 0.669. The Hall–Kier alpha value is -2.54. The number of ether oxygens (including phenoxy) is 1. The second-order valence-corrected chi connectivity index (χ2v) is 5.88. The molecule has 0 unspecified atom stereocenters. The predicted molar refractivity (Wildman–Crippen MR) is 88.0 cm³/mol. The van der Waals surface area contributed by atoms with Crippen molar-refractivity contribution in [2.45, 2.75) is 25.9 Å². The van der Waals surface area contributed by atoms with Crippen LogP contribution in [-0.2, 0) is 14.3 Å². The lowest BCUT2D eigenvalue weighted by atomic mass is 10.0. The fourth-order valence-electron chi connectivity index (χ4n) is 2.84. The van der Waals surface area contributed by atoms with Crippen LogP contribution >= 0.6 is 0 Å². The SMILES string of the molecule is Cc1ccccc1N1C(=O)NC(=O)[C@H](C=NC[C@H]2CCCO2)C1=O. The van der Waals surface area contributed by atoms with Crippen molar-refractivity contribution >= 4 is 29.7 Å². The molecule has 0 saturated carbocycles. The van der Waals surface area contributed by atoms with E-state index in [1.54, 1.807) is 25.1 Å². The maximum absolute atomic E-state index is 12.6. The summed E-state index contributed by atoms with van der Waals surface area (Å²) >= 11 is 0. The highest BCUT2D eigenvalue weighted by Gasteiger charge is 2.40. The van der Waals surface area contributed by atoms with Crippen molar-refractivity contribution in [3.63, 3.8) is 0 Å². The molecule has 2 aliphatic heterocycles. The van der Waals surface area contributed by atoms with Gasteiger partial charge in [0.25, 0.3) is 5.91 Å². The van der Waals surface area contributed by atoms with Gasteiger partial charge in [-0.2, -0.15) is 0 Å². The predicted octanol–water partition coefficient (Wildman–Crippen LogP) is 1.44. The number of carbonyl (C=O) groups excluding carboxylic acids is 3. The molecule has 7 nitrogen and oxygen atoms in total. The summed E-state index contributed by atoms with van der Waals surface area (Å²) in [5.74, 6) is -2.34. The number of carbonyl (C=O) groups is 3. The Morgan fingerprint density at radius 1 is 1.33 bits per heavy atom. The van der Waals surface area contributed by atoms with E-state index >= 15 is 0 Å². The van der Waals surface area contributed by atoms with Gasteiger partial charge in [0.2, 0.25) is 5.91 Å². The van der Waals surface area contributed by atoms with Crippen LogP contribution in [0.2, 0.25) is 0 Å². The van der Waals surface area contributed by atoms with Crippen LogP contribution in [0.4, 0.5) is 10.5 Å². The number of aryl methyl sites for hydroxylation is 1. The smallest absolute Gasteiger partial charge is 0.335 e. The largest absolute Gasteiger partial charge is 0.376 e. The molecular formula is C17H19N3O4. The number of amides is 4. The van der Waals surface area contributed by atoms with Crippen LogP contribution in [0, 0.1) is 12.8 Å². The van der Waals surface area contributed by atoms with Gasteiger partial charge in [-0.25, -0.2) is 9.69 Å². The third-order valence-corrected chi connectivity index (χ3v) is 4.15. The van der Waals surface area contributed by atoms with Crippen molar-refractivity contribution in [3.05, 3.63) is 29.8 Å². The van der Waals surface area contributed by atoms with E-state index in [9.17, 15) is 14.4 Å². The Morgan fingerprint density at radius 3 is 2.83 bits per heavy atom. The van der Waals surface area contributed by atoms with E-state index in [4.69, 9.17) is 4.74 Å². The van der Waals surface area contributed by atoms with E-state index in [1.165, 1.54) is 6.21 Å². The molecule has 2 fully saturated rings. The van der Waals surface area contributed by atoms with E-state index in [2.05, 4.69) is 10.3 Å². The molecule has 4 amide bonds. The lowest BCUT2D eigenvalue weighted by Gasteiger charge is -2.29. The van der Waals surface area contributed by atoms with E-state index in [1.807, 2.05) is 6.07 Å². The monoisotopic (exact) mass is 329 g/mol. The third kappa shape index (κ3) is 3.21. The fraction of sp³-hybridized carbons (Fsp3) is 0.412. The van der Waals surface area contributed by atoms with Crippen molar-refractivity contribution in [1.82, 2.24) is 5.32 Å². The summed E-state index contributed by atoms with van der Waals surface area (Å²) in [6, 6.07) is 6.29. The Bertz CT molecular complexity index is 695. The Labute approximate surface area is 139 Å². The molecule has 2 saturated heterocycles. The molecule has 0 aromatic heterocycles. The molecule has 1 aromatic carbocycles. The Balaban J connectivity index is 1.78. The second kappa shape index (κ2) is 6.92. The molecule has 0 spiro atoms. The third-order valence-electron chi connectivity index (χ3n) is 4.15.